The highest BCUT2D eigenvalue weighted by Crippen LogP contribution is 2.39. The number of fused-ring (bicyclic) bond motifs is 1. The monoisotopic (exact) mass is 306 g/mol. The van der Waals surface area contributed by atoms with Crippen molar-refractivity contribution in [2.24, 2.45) is 0 Å². The molecule has 1 saturated heterocycles. The van der Waals surface area contributed by atoms with E-state index in [2.05, 4.69) is 65.7 Å². The van der Waals surface area contributed by atoms with Gasteiger partial charge in [-0.2, -0.15) is 0 Å². The molecule has 4 rings (SSSR count). The fraction of sp³-hybridized carbons (Fsp3) is 0.350. The van der Waals surface area contributed by atoms with Gasteiger partial charge in [0.2, 0.25) is 5.91 Å². The predicted octanol–water partition coefficient (Wildman–Crippen LogP) is 3.41. The molecule has 0 bridgehead atoms. The molecule has 3 heteroatoms. The Labute approximate surface area is 137 Å². The molecule has 2 atom stereocenters. The Balaban J connectivity index is 1.65. The van der Waals surface area contributed by atoms with Gasteiger partial charge in [-0.1, -0.05) is 49.4 Å². The average Bonchev–Trinajstić information content (AvgIpc) is 3.12. The van der Waals surface area contributed by atoms with E-state index in [1.807, 2.05) is 0 Å². The van der Waals surface area contributed by atoms with Crippen LogP contribution in [0.1, 0.15) is 41.9 Å². The van der Waals surface area contributed by atoms with Crippen molar-refractivity contribution in [3.05, 3.63) is 65.2 Å². The van der Waals surface area contributed by atoms with Crippen LogP contribution in [-0.2, 0) is 11.3 Å². The summed E-state index contributed by atoms with van der Waals surface area (Å²) in [6.07, 6.45) is 0.909. The Morgan fingerprint density at radius 3 is 2.74 bits per heavy atom. The number of carbonyl (C=O) groups is 1. The molecule has 2 aliphatic rings. The van der Waals surface area contributed by atoms with E-state index in [-0.39, 0.29) is 11.8 Å². The van der Waals surface area contributed by atoms with E-state index in [0.717, 1.165) is 31.6 Å². The van der Waals surface area contributed by atoms with Crippen LogP contribution in [0, 0.1) is 0 Å². The van der Waals surface area contributed by atoms with E-state index in [4.69, 9.17) is 0 Å². The molecule has 0 saturated carbocycles. The van der Waals surface area contributed by atoms with Crippen LogP contribution in [0.3, 0.4) is 0 Å². The minimum atomic E-state index is 0.0229. The number of nitrogens with one attached hydrogen (secondary N) is 1. The molecule has 1 fully saturated rings. The van der Waals surface area contributed by atoms with Crippen molar-refractivity contribution >= 4 is 11.6 Å². The summed E-state index contributed by atoms with van der Waals surface area (Å²) in [5.74, 6) is 0.737. The van der Waals surface area contributed by atoms with Crippen molar-refractivity contribution in [1.29, 1.82) is 0 Å². The normalized spacial score (nSPS) is 23.0. The third kappa shape index (κ3) is 2.61. The van der Waals surface area contributed by atoms with Crippen LogP contribution < -0.4 is 10.2 Å². The summed E-state index contributed by atoms with van der Waals surface area (Å²) < 4.78 is 0. The number of hydrogen-bond acceptors (Lipinski definition) is 2. The van der Waals surface area contributed by atoms with Gasteiger partial charge in [0.1, 0.15) is 0 Å². The Morgan fingerprint density at radius 1 is 1.17 bits per heavy atom. The number of benzene rings is 2. The first-order valence-electron chi connectivity index (χ1n) is 8.43. The molecule has 0 radical (unpaired) electrons. The Bertz CT molecular complexity index is 726. The zero-order chi connectivity index (χ0) is 15.8. The number of nitrogens with zero attached hydrogens (tertiary/aromatic N) is 1. The van der Waals surface area contributed by atoms with E-state index in [0.29, 0.717) is 5.92 Å². The smallest absolute Gasteiger partial charge is 0.227 e. The van der Waals surface area contributed by atoms with Crippen LogP contribution in [0.25, 0.3) is 0 Å². The molecule has 2 aromatic carbocycles. The molecule has 3 nitrogen and oxygen atoms in total. The van der Waals surface area contributed by atoms with Gasteiger partial charge in [-0.05, 0) is 29.2 Å². The minimum Gasteiger partial charge on any atom is -0.366 e. The van der Waals surface area contributed by atoms with Gasteiger partial charge in [0.15, 0.2) is 0 Å². The predicted molar refractivity (Wildman–Crippen MR) is 92.7 cm³/mol. The highest BCUT2D eigenvalue weighted by atomic mass is 16.2. The summed E-state index contributed by atoms with van der Waals surface area (Å²) in [6.45, 7) is 5.06. The van der Waals surface area contributed by atoms with Crippen LogP contribution in [0.5, 0.6) is 0 Å². The third-order valence-electron chi connectivity index (χ3n) is 5.09. The molecule has 0 aromatic heterocycles. The maximum absolute atomic E-state index is 12.0. The number of carbonyl (C=O) groups excluding carboxylic acids is 1. The lowest BCUT2D eigenvalue weighted by molar-refractivity contribution is -0.120. The van der Waals surface area contributed by atoms with Gasteiger partial charge >= 0.3 is 0 Å². The van der Waals surface area contributed by atoms with Crippen LogP contribution in [0.15, 0.2) is 48.5 Å². The lowest BCUT2D eigenvalue weighted by atomic mass is 9.94. The van der Waals surface area contributed by atoms with Gasteiger partial charge in [0.25, 0.3) is 0 Å². The minimum absolute atomic E-state index is 0.0229. The van der Waals surface area contributed by atoms with E-state index in [1.165, 1.54) is 16.8 Å². The summed E-state index contributed by atoms with van der Waals surface area (Å²) in [5.41, 5.74) is 5.20. The van der Waals surface area contributed by atoms with E-state index in [9.17, 15) is 4.79 Å². The van der Waals surface area contributed by atoms with Crippen molar-refractivity contribution in [3.63, 3.8) is 0 Å². The van der Waals surface area contributed by atoms with Crippen molar-refractivity contribution in [2.75, 3.05) is 18.0 Å². The number of rotatable bonds is 3. The lowest BCUT2D eigenvalue weighted by Gasteiger charge is -2.21. The van der Waals surface area contributed by atoms with E-state index in [1.54, 1.807) is 0 Å². The van der Waals surface area contributed by atoms with Gasteiger partial charge in [0.05, 0.1) is 5.92 Å². The van der Waals surface area contributed by atoms with Crippen LogP contribution in [-0.4, -0.2) is 19.0 Å². The van der Waals surface area contributed by atoms with Gasteiger partial charge in [-0.3, -0.25) is 4.79 Å². The Hall–Kier alpha value is -2.29. The molecular formula is C20H22N2O. The van der Waals surface area contributed by atoms with Gasteiger partial charge in [0, 0.05) is 31.2 Å². The van der Waals surface area contributed by atoms with Crippen molar-refractivity contribution in [1.82, 2.24) is 5.32 Å². The van der Waals surface area contributed by atoms with Gasteiger partial charge in [-0.25, -0.2) is 0 Å². The molecular weight excluding hydrogens is 284 g/mol. The van der Waals surface area contributed by atoms with Gasteiger partial charge in [-0.15, -0.1) is 0 Å². The number of amides is 1. The van der Waals surface area contributed by atoms with Crippen molar-refractivity contribution in [3.8, 4) is 0 Å². The maximum Gasteiger partial charge on any atom is 0.227 e. The zero-order valence-corrected chi connectivity index (χ0v) is 13.5. The van der Waals surface area contributed by atoms with Gasteiger partial charge < -0.3 is 10.2 Å². The van der Waals surface area contributed by atoms with Crippen molar-refractivity contribution in [2.45, 2.75) is 31.7 Å². The first-order chi connectivity index (χ1) is 11.2. The first-order valence-corrected chi connectivity index (χ1v) is 8.43. The highest BCUT2D eigenvalue weighted by Gasteiger charge is 2.30. The summed E-state index contributed by atoms with van der Waals surface area (Å²) in [7, 11) is 0. The SMILES string of the molecule is CC1CN(Cc2ccccc2)c2cc(C3CCNC3=O)ccc21. The second-order valence-corrected chi connectivity index (χ2v) is 6.72. The first kappa shape index (κ1) is 14.3. The fourth-order valence-corrected chi connectivity index (χ4v) is 3.86. The standard InChI is InChI=1S/C20H22N2O/c1-14-12-22(13-15-5-3-2-4-6-15)19-11-16(7-8-17(14)19)18-9-10-21-20(18)23/h2-8,11,14,18H,9-10,12-13H2,1H3,(H,21,23). The van der Waals surface area contributed by atoms with Crippen LogP contribution in [0.4, 0.5) is 5.69 Å². The highest BCUT2D eigenvalue weighted by molar-refractivity contribution is 5.86. The molecule has 2 heterocycles. The molecule has 118 valence electrons. The second kappa shape index (κ2) is 5.73. The Morgan fingerprint density at radius 2 is 2.00 bits per heavy atom. The molecule has 1 N–H and O–H groups in total. The molecule has 2 unspecified atom stereocenters. The maximum atomic E-state index is 12.0. The molecule has 0 aliphatic carbocycles. The molecule has 2 aromatic rings. The van der Waals surface area contributed by atoms with Crippen LogP contribution >= 0.6 is 0 Å². The summed E-state index contributed by atoms with van der Waals surface area (Å²) in [5, 5.41) is 2.94. The van der Waals surface area contributed by atoms with Crippen LogP contribution in [0.2, 0.25) is 0 Å². The molecule has 2 aliphatic heterocycles. The average molecular weight is 306 g/mol. The lowest BCUT2D eigenvalue weighted by Crippen LogP contribution is -2.21. The quantitative estimate of drug-likeness (QED) is 0.942. The third-order valence-corrected chi connectivity index (χ3v) is 5.09. The Kier molecular flexibility index (Phi) is 3.56. The largest absolute Gasteiger partial charge is 0.366 e. The molecule has 0 spiro atoms. The topological polar surface area (TPSA) is 32.3 Å². The summed E-state index contributed by atoms with van der Waals surface area (Å²) in [6, 6.07) is 17.2. The molecule has 23 heavy (non-hydrogen) atoms. The number of hydrogen-bond donors (Lipinski definition) is 1. The molecule has 1 amide bonds. The fourth-order valence-electron chi connectivity index (χ4n) is 3.86. The van der Waals surface area contributed by atoms with Crippen molar-refractivity contribution < 1.29 is 4.79 Å². The van der Waals surface area contributed by atoms with E-state index >= 15 is 0 Å². The summed E-state index contributed by atoms with van der Waals surface area (Å²) >= 11 is 0. The summed E-state index contributed by atoms with van der Waals surface area (Å²) in [4.78, 5) is 14.4. The second-order valence-electron chi connectivity index (χ2n) is 6.72. The van der Waals surface area contributed by atoms with E-state index < -0.39 is 0 Å². The number of anilines is 1. The zero-order valence-electron chi connectivity index (χ0n) is 13.5.